The second-order valence-electron chi connectivity index (χ2n) is 4.90. The average Bonchev–Trinajstić information content (AvgIpc) is 2.56. The van der Waals surface area contributed by atoms with Crippen LogP contribution in [-0.4, -0.2) is 24.0 Å². The summed E-state index contributed by atoms with van der Waals surface area (Å²) in [5, 5.41) is 9.37. The van der Waals surface area contributed by atoms with E-state index < -0.39 is 0 Å². The molecule has 21 heavy (non-hydrogen) atoms. The Morgan fingerprint density at radius 3 is 2.29 bits per heavy atom. The van der Waals surface area contributed by atoms with E-state index in [2.05, 4.69) is 4.99 Å². The first-order valence-corrected chi connectivity index (χ1v) is 7.14. The van der Waals surface area contributed by atoms with E-state index in [1.165, 1.54) is 0 Å². The minimum absolute atomic E-state index is 0.0561. The van der Waals surface area contributed by atoms with Crippen molar-refractivity contribution in [1.82, 2.24) is 0 Å². The number of hydrogen-bond donors (Lipinski definition) is 1. The zero-order valence-corrected chi connectivity index (χ0v) is 12.2. The molecule has 0 fully saturated rings. The molecular formula is C18H21NO2. The van der Waals surface area contributed by atoms with Gasteiger partial charge in [0.15, 0.2) is 0 Å². The van der Waals surface area contributed by atoms with Crippen molar-refractivity contribution in [2.45, 2.75) is 25.7 Å². The SMILES string of the molecule is C[C@H](N=C[C@H](CO)OCc1ccccc1)c1ccccc1. The molecule has 3 nitrogen and oxygen atoms in total. The van der Waals surface area contributed by atoms with Crippen LogP contribution >= 0.6 is 0 Å². The zero-order chi connectivity index (χ0) is 14.9. The molecule has 2 aromatic carbocycles. The van der Waals surface area contributed by atoms with Crippen LogP contribution < -0.4 is 0 Å². The fraction of sp³-hybridized carbons (Fsp3) is 0.278. The summed E-state index contributed by atoms with van der Waals surface area (Å²) in [6.45, 7) is 2.42. The minimum Gasteiger partial charge on any atom is -0.393 e. The molecule has 0 saturated heterocycles. The number of benzene rings is 2. The van der Waals surface area contributed by atoms with Crippen LogP contribution in [0.25, 0.3) is 0 Å². The predicted octanol–water partition coefficient (Wildman–Crippen LogP) is 3.40. The summed E-state index contributed by atoms with van der Waals surface area (Å²) in [5.74, 6) is 0. The van der Waals surface area contributed by atoms with Crippen molar-refractivity contribution in [1.29, 1.82) is 0 Å². The summed E-state index contributed by atoms with van der Waals surface area (Å²) in [7, 11) is 0. The van der Waals surface area contributed by atoms with Gasteiger partial charge in [0, 0.05) is 6.21 Å². The van der Waals surface area contributed by atoms with Crippen molar-refractivity contribution in [2.75, 3.05) is 6.61 Å². The Morgan fingerprint density at radius 2 is 1.67 bits per heavy atom. The summed E-state index contributed by atoms with van der Waals surface area (Å²) >= 11 is 0. The third kappa shape index (κ3) is 5.14. The van der Waals surface area contributed by atoms with E-state index in [1.54, 1.807) is 6.21 Å². The zero-order valence-electron chi connectivity index (χ0n) is 12.2. The first-order valence-electron chi connectivity index (χ1n) is 7.14. The Labute approximate surface area is 125 Å². The van der Waals surface area contributed by atoms with Gasteiger partial charge in [0.05, 0.1) is 19.3 Å². The Bertz CT molecular complexity index is 540. The molecule has 0 spiro atoms. The maximum atomic E-state index is 9.37. The summed E-state index contributed by atoms with van der Waals surface area (Å²) in [5.41, 5.74) is 2.23. The molecule has 2 rings (SSSR count). The standard InChI is InChI=1S/C18H21NO2/c1-15(17-10-6-3-7-11-17)19-12-18(13-20)21-14-16-8-4-2-5-9-16/h2-12,15,18,20H,13-14H2,1H3/t15-,18+/m0/s1. The highest BCUT2D eigenvalue weighted by atomic mass is 16.5. The highest BCUT2D eigenvalue weighted by Crippen LogP contribution is 2.15. The third-order valence-corrected chi connectivity index (χ3v) is 3.24. The van der Waals surface area contributed by atoms with E-state index in [0.717, 1.165) is 11.1 Å². The van der Waals surface area contributed by atoms with Crippen LogP contribution in [0, 0.1) is 0 Å². The van der Waals surface area contributed by atoms with E-state index >= 15 is 0 Å². The molecule has 3 heteroatoms. The van der Waals surface area contributed by atoms with Gasteiger partial charge in [-0.1, -0.05) is 60.7 Å². The molecule has 0 amide bonds. The van der Waals surface area contributed by atoms with Crippen LogP contribution in [0.5, 0.6) is 0 Å². The lowest BCUT2D eigenvalue weighted by Crippen LogP contribution is -2.19. The summed E-state index contributed by atoms with van der Waals surface area (Å²) in [6.07, 6.45) is 1.32. The van der Waals surface area contributed by atoms with Gasteiger partial charge in [-0.15, -0.1) is 0 Å². The van der Waals surface area contributed by atoms with Crippen LogP contribution in [0.3, 0.4) is 0 Å². The van der Waals surface area contributed by atoms with Crippen molar-refractivity contribution in [2.24, 2.45) is 4.99 Å². The first-order chi connectivity index (χ1) is 10.3. The van der Waals surface area contributed by atoms with Gasteiger partial charge < -0.3 is 9.84 Å². The largest absolute Gasteiger partial charge is 0.393 e. The molecule has 0 aromatic heterocycles. The van der Waals surface area contributed by atoms with E-state index in [0.29, 0.717) is 6.61 Å². The van der Waals surface area contributed by atoms with Gasteiger partial charge in [-0.25, -0.2) is 0 Å². The predicted molar refractivity (Wildman–Crippen MR) is 85.5 cm³/mol. The number of aliphatic hydroxyl groups excluding tert-OH is 1. The molecule has 0 unspecified atom stereocenters. The van der Waals surface area contributed by atoms with Crippen molar-refractivity contribution < 1.29 is 9.84 Å². The number of ether oxygens (including phenoxy) is 1. The van der Waals surface area contributed by atoms with Gasteiger partial charge >= 0.3 is 0 Å². The number of hydrogen-bond acceptors (Lipinski definition) is 3. The van der Waals surface area contributed by atoms with E-state index in [9.17, 15) is 5.11 Å². The minimum atomic E-state index is -0.378. The van der Waals surface area contributed by atoms with Crippen molar-refractivity contribution in [3.05, 3.63) is 71.8 Å². The average molecular weight is 283 g/mol. The lowest BCUT2D eigenvalue weighted by molar-refractivity contribution is 0.0466. The normalized spacial score (nSPS) is 14.2. The van der Waals surface area contributed by atoms with Crippen molar-refractivity contribution in [3.8, 4) is 0 Å². The number of aliphatic hydroxyl groups is 1. The second-order valence-corrected chi connectivity index (χ2v) is 4.90. The maximum absolute atomic E-state index is 9.37. The third-order valence-electron chi connectivity index (χ3n) is 3.24. The molecule has 2 aromatic rings. The number of aliphatic imine (C=N–C) groups is 1. The first kappa shape index (κ1) is 15.4. The summed E-state index contributed by atoms with van der Waals surface area (Å²) < 4.78 is 5.66. The molecule has 0 saturated carbocycles. The molecular weight excluding hydrogens is 262 g/mol. The molecule has 0 radical (unpaired) electrons. The molecule has 0 bridgehead atoms. The second kappa shape index (κ2) is 8.35. The maximum Gasteiger partial charge on any atom is 0.116 e. The smallest absolute Gasteiger partial charge is 0.116 e. The quantitative estimate of drug-likeness (QED) is 0.791. The van der Waals surface area contributed by atoms with Crippen LogP contribution in [0.15, 0.2) is 65.7 Å². The van der Waals surface area contributed by atoms with Gasteiger partial charge in [-0.2, -0.15) is 0 Å². The highest BCUT2D eigenvalue weighted by molar-refractivity contribution is 5.63. The van der Waals surface area contributed by atoms with Crippen LogP contribution in [-0.2, 0) is 11.3 Å². The Morgan fingerprint density at radius 1 is 1.05 bits per heavy atom. The molecule has 2 atom stereocenters. The fourth-order valence-electron chi connectivity index (χ4n) is 1.96. The van der Waals surface area contributed by atoms with E-state index in [-0.39, 0.29) is 18.8 Å². The summed E-state index contributed by atoms with van der Waals surface area (Å²) in [4.78, 5) is 4.47. The van der Waals surface area contributed by atoms with Crippen LogP contribution in [0.1, 0.15) is 24.1 Å². The molecule has 0 aliphatic heterocycles. The van der Waals surface area contributed by atoms with Crippen molar-refractivity contribution in [3.63, 3.8) is 0 Å². The molecule has 0 heterocycles. The molecule has 1 N–H and O–H groups in total. The van der Waals surface area contributed by atoms with Gasteiger partial charge in [-0.05, 0) is 18.1 Å². The van der Waals surface area contributed by atoms with Crippen molar-refractivity contribution >= 4 is 6.21 Å². The number of rotatable bonds is 7. The topological polar surface area (TPSA) is 41.8 Å². The monoisotopic (exact) mass is 283 g/mol. The van der Waals surface area contributed by atoms with E-state index in [4.69, 9.17) is 4.74 Å². The molecule has 0 aliphatic carbocycles. The van der Waals surface area contributed by atoms with E-state index in [1.807, 2.05) is 67.6 Å². The van der Waals surface area contributed by atoms with Gasteiger partial charge in [-0.3, -0.25) is 4.99 Å². The molecule has 110 valence electrons. The highest BCUT2D eigenvalue weighted by Gasteiger charge is 2.06. The Kier molecular flexibility index (Phi) is 6.13. The number of nitrogens with zero attached hydrogens (tertiary/aromatic N) is 1. The lowest BCUT2D eigenvalue weighted by atomic mass is 10.1. The van der Waals surface area contributed by atoms with Gasteiger partial charge in [0.25, 0.3) is 0 Å². The fourth-order valence-corrected chi connectivity index (χ4v) is 1.96. The van der Waals surface area contributed by atoms with Gasteiger partial charge in [0.1, 0.15) is 6.10 Å². The van der Waals surface area contributed by atoms with Crippen LogP contribution in [0.2, 0.25) is 0 Å². The Balaban J connectivity index is 1.88. The Hall–Kier alpha value is -1.97. The summed E-state index contributed by atoms with van der Waals surface area (Å²) in [6, 6.07) is 20.0. The van der Waals surface area contributed by atoms with Gasteiger partial charge in [0.2, 0.25) is 0 Å². The lowest BCUT2D eigenvalue weighted by Gasteiger charge is -2.12. The molecule has 0 aliphatic rings. The van der Waals surface area contributed by atoms with Crippen LogP contribution in [0.4, 0.5) is 0 Å².